The van der Waals surface area contributed by atoms with Crippen LogP contribution in [0.4, 0.5) is 0 Å². The van der Waals surface area contributed by atoms with E-state index in [0.717, 1.165) is 25.7 Å². The number of phosphoric ester groups is 1. The molecule has 8 nitrogen and oxygen atoms in total. The smallest absolute Gasteiger partial charge is 0.319 e. The lowest BCUT2D eigenvalue weighted by Gasteiger charge is -2.31. The summed E-state index contributed by atoms with van der Waals surface area (Å²) in [6.45, 7) is 29.1. The van der Waals surface area contributed by atoms with E-state index in [4.69, 9.17) is 55.3 Å². The lowest BCUT2D eigenvalue weighted by molar-refractivity contribution is 0.0875. The average molecular weight is 789 g/mol. The molecule has 0 radical (unpaired) electrons. The normalized spacial score (nSPS) is 20.7. The van der Waals surface area contributed by atoms with Gasteiger partial charge in [0.05, 0.1) is 36.6 Å². The van der Waals surface area contributed by atoms with Gasteiger partial charge in [-0.3, -0.25) is 13.6 Å². The minimum Gasteiger partial charge on any atom is -0.319 e. The maximum atomic E-state index is 13.6. The van der Waals surface area contributed by atoms with Gasteiger partial charge in [0.15, 0.2) is 0 Å². The van der Waals surface area contributed by atoms with Gasteiger partial charge in [-0.15, -0.1) is 0 Å². The summed E-state index contributed by atoms with van der Waals surface area (Å²) < 4.78 is 56.2. The highest BCUT2D eigenvalue weighted by Crippen LogP contribution is 2.65. The number of rotatable bonds is 27. The second-order valence-electron chi connectivity index (χ2n) is 14.1. The molecule has 0 bridgehead atoms. The SMILES string of the molecule is COP(=O)(OC(C)CSP(=S)(OC(C)CC(C)C)OC(C)CC(C)C)OC(C)CSP(=S)(OC(C)CC(C)C)OC(C)CC(C)C. The van der Waals surface area contributed by atoms with Gasteiger partial charge >= 0.3 is 7.82 Å². The van der Waals surface area contributed by atoms with Crippen LogP contribution in [-0.4, -0.2) is 55.2 Å². The largest absolute Gasteiger partial charge is 0.475 e. The molecule has 0 aromatic heterocycles. The first kappa shape index (κ1) is 48.0. The third-order valence-electron chi connectivity index (χ3n) is 6.23. The van der Waals surface area contributed by atoms with Crippen molar-refractivity contribution in [1.82, 2.24) is 0 Å². The van der Waals surface area contributed by atoms with E-state index in [-0.39, 0.29) is 24.4 Å². The quantitative estimate of drug-likeness (QED) is 0.0743. The van der Waals surface area contributed by atoms with Crippen molar-refractivity contribution in [3.63, 3.8) is 0 Å². The van der Waals surface area contributed by atoms with Crippen LogP contribution in [0.25, 0.3) is 0 Å². The van der Waals surface area contributed by atoms with Crippen molar-refractivity contribution < 1.29 is 36.2 Å². The molecular formula is C31H67O8P3S4. The molecule has 0 amide bonds. The maximum Gasteiger partial charge on any atom is 0.475 e. The van der Waals surface area contributed by atoms with E-state index in [2.05, 4.69) is 55.4 Å². The molecule has 0 saturated carbocycles. The van der Waals surface area contributed by atoms with Crippen molar-refractivity contribution in [2.45, 2.75) is 159 Å². The fraction of sp³-hybridized carbons (Fsp3) is 1.00. The second-order valence-corrected chi connectivity index (χ2v) is 28.3. The summed E-state index contributed by atoms with van der Waals surface area (Å²) in [5.41, 5.74) is -5.42. The van der Waals surface area contributed by atoms with Crippen LogP contribution in [0, 0.1) is 23.7 Å². The van der Waals surface area contributed by atoms with Gasteiger partial charge < -0.3 is 18.1 Å². The molecule has 15 heteroatoms. The highest BCUT2D eigenvalue weighted by molar-refractivity contribution is 8.68. The fourth-order valence-corrected chi connectivity index (χ4v) is 17.4. The van der Waals surface area contributed by atoms with Crippen LogP contribution in [0.2, 0.25) is 0 Å². The monoisotopic (exact) mass is 788 g/mol. The van der Waals surface area contributed by atoms with E-state index >= 15 is 0 Å². The molecule has 0 aliphatic carbocycles. The fourth-order valence-electron chi connectivity index (χ4n) is 4.89. The molecule has 46 heavy (non-hydrogen) atoms. The Labute approximate surface area is 301 Å². The van der Waals surface area contributed by atoms with Gasteiger partial charge in [0.25, 0.3) is 0 Å². The Morgan fingerprint density at radius 1 is 0.457 bits per heavy atom. The lowest BCUT2D eigenvalue weighted by Crippen LogP contribution is -2.18. The van der Waals surface area contributed by atoms with Crippen molar-refractivity contribution in [2.24, 2.45) is 23.7 Å². The topological polar surface area (TPSA) is 81.7 Å². The van der Waals surface area contributed by atoms with Gasteiger partial charge in [-0.25, -0.2) is 4.57 Å². The summed E-state index contributed by atoms with van der Waals surface area (Å²) in [6.07, 6.45) is 2.36. The molecule has 6 unspecified atom stereocenters. The van der Waals surface area contributed by atoms with E-state index in [1.165, 1.54) is 29.9 Å². The second kappa shape index (κ2) is 23.5. The molecule has 0 fully saturated rings. The number of phosphoric acid groups is 1. The summed E-state index contributed by atoms with van der Waals surface area (Å²) >= 11 is 14.9. The van der Waals surface area contributed by atoms with Crippen LogP contribution in [0.15, 0.2) is 0 Å². The predicted octanol–water partition coefficient (Wildman–Crippen LogP) is 12.3. The van der Waals surface area contributed by atoms with Crippen LogP contribution >= 0.6 is 42.0 Å². The summed E-state index contributed by atoms with van der Waals surface area (Å²) in [5.74, 6) is 2.71. The van der Waals surface area contributed by atoms with Gasteiger partial charge in [0.1, 0.15) is 0 Å². The summed E-state index contributed by atoms with van der Waals surface area (Å²) in [4.78, 5) is 0. The van der Waals surface area contributed by atoms with Crippen LogP contribution in [0.5, 0.6) is 0 Å². The van der Waals surface area contributed by atoms with E-state index in [0.29, 0.717) is 35.2 Å². The molecule has 0 aliphatic heterocycles. The van der Waals surface area contributed by atoms with E-state index in [1.54, 1.807) is 0 Å². The zero-order valence-electron chi connectivity index (χ0n) is 31.3. The number of hydrogen-bond donors (Lipinski definition) is 0. The molecule has 0 rings (SSSR count). The molecular weight excluding hydrogens is 722 g/mol. The first-order valence-corrected chi connectivity index (χ1v) is 26.7. The highest BCUT2D eigenvalue weighted by atomic mass is 32.9. The lowest BCUT2D eigenvalue weighted by atomic mass is 10.1. The first-order valence-electron chi connectivity index (χ1n) is 16.8. The zero-order valence-corrected chi connectivity index (χ0v) is 37.2. The Morgan fingerprint density at radius 2 is 0.696 bits per heavy atom. The molecule has 6 atom stereocenters. The number of hydrogen-bond acceptors (Lipinski definition) is 12. The molecule has 0 heterocycles. The van der Waals surface area contributed by atoms with Crippen molar-refractivity contribution in [3.8, 4) is 0 Å². The van der Waals surface area contributed by atoms with Gasteiger partial charge in [-0.1, -0.05) is 78.2 Å². The van der Waals surface area contributed by atoms with Gasteiger partial charge in [-0.05, 0) is 115 Å². The third kappa shape index (κ3) is 23.4. The molecule has 0 spiro atoms. The Morgan fingerprint density at radius 3 is 0.891 bits per heavy atom. The maximum absolute atomic E-state index is 13.6. The van der Waals surface area contributed by atoms with Gasteiger partial charge in [-0.2, -0.15) is 0 Å². The van der Waals surface area contributed by atoms with Crippen LogP contribution < -0.4 is 0 Å². The van der Waals surface area contributed by atoms with Crippen LogP contribution in [0.1, 0.15) is 123 Å². The average Bonchev–Trinajstić information content (AvgIpc) is 2.83. The van der Waals surface area contributed by atoms with Gasteiger partial charge in [0, 0.05) is 18.6 Å². The summed E-state index contributed by atoms with van der Waals surface area (Å²) in [7, 11) is -2.57. The van der Waals surface area contributed by atoms with Crippen molar-refractivity contribution in [2.75, 3.05) is 18.6 Å². The van der Waals surface area contributed by atoms with Crippen LogP contribution in [0.3, 0.4) is 0 Å². The van der Waals surface area contributed by atoms with Crippen LogP contribution in [-0.2, 0) is 59.8 Å². The zero-order chi connectivity index (χ0) is 35.9. The van der Waals surface area contributed by atoms with Gasteiger partial charge in [0.2, 0.25) is 11.4 Å². The predicted molar refractivity (Wildman–Crippen MR) is 209 cm³/mol. The molecule has 0 N–H and O–H groups in total. The molecule has 0 saturated heterocycles. The van der Waals surface area contributed by atoms with E-state index < -0.39 is 31.4 Å². The van der Waals surface area contributed by atoms with E-state index in [9.17, 15) is 4.57 Å². The molecule has 0 aliphatic rings. The Balaban J connectivity index is 5.48. The Kier molecular flexibility index (Phi) is 24.5. The molecule has 278 valence electrons. The van der Waals surface area contributed by atoms with E-state index in [1.807, 2.05) is 41.5 Å². The molecule has 0 aromatic rings. The van der Waals surface area contributed by atoms with Crippen molar-refractivity contribution in [3.05, 3.63) is 0 Å². The Hall–Kier alpha value is 1.95. The minimum absolute atomic E-state index is 0.0402. The van der Waals surface area contributed by atoms with Crippen molar-refractivity contribution in [1.29, 1.82) is 0 Å². The van der Waals surface area contributed by atoms with Crippen molar-refractivity contribution >= 4 is 65.6 Å². The first-order chi connectivity index (χ1) is 21.0. The molecule has 0 aromatic carbocycles. The third-order valence-corrected chi connectivity index (χ3v) is 19.0. The minimum atomic E-state index is -3.90. The highest BCUT2D eigenvalue weighted by Gasteiger charge is 2.34. The summed E-state index contributed by atoms with van der Waals surface area (Å²) in [6, 6.07) is 0. The standard InChI is InChI=1S/C31H67O8P3S4/c1-22(2)16-26(9)36-41(43,37-27(10)17-23(3)4)45-20-30(13)34-40(32,33-15)35-31(14)21-46-42(44,38-28(11)18-24(5)6)39-29(12)19-25(7)8/h22-31H,16-21H2,1-15H3. The summed E-state index contributed by atoms with van der Waals surface area (Å²) in [5, 5.41) is 0. The Bertz CT molecular complexity index is 858.